The maximum atomic E-state index is 11.1. The summed E-state index contributed by atoms with van der Waals surface area (Å²) in [6, 6.07) is 0. The van der Waals surface area contributed by atoms with Gasteiger partial charge >= 0.3 is 5.97 Å². The highest BCUT2D eigenvalue weighted by atomic mass is 16.5. The predicted molar refractivity (Wildman–Crippen MR) is 74.6 cm³/mol. The molecular weight excluding hydrogens is 240 g/mol. The van der Waals surface area contributed by atoms with Crippen LogP contribution >= 0.6 is 0 Å². The Labute approximate surface area is 116 Å². The fourth-order valence-electron chi connectivity index (χ4n) is 4.82. The average molecular weight is 268 g/mol. The Morgan fingerprint density at radius 2 is 1.95 bits per heavy atom. The maximum absolute atomic E-state index is 11.1. The van der Waals surface area contributed by atoms with Gasteiger partial charge in [0.15, 0.2) is 0 Å². The summed E-state index contributed by atoms with van der Waals surface area (Å²) in [7, 11) is 0. The summed E-state index contributed by atoms with van der Waals surface area (Å²) in [4.78, 5) is 11.1. The Hall–Kier alpha value is -0.570. The zero-order valence-corrected chi connectivity index (χ0v) is 12.7. The van der Waals surface area contributed by atoms with Crippen LogP contribution in [0.15, 0.2) is 0 Å². The van der Waals surface area contributed by atoms with E-state index in [2.05, 4.69) is 20.8 Å². The van der Waals surface area contributed by atoms with Crippen molar-refractivity contribution in [3.05, 3.63) is 0 Å². The second-order valence-electron chi connectivity index (χ2n) is 7.45. The van der Waals surface area contributed by atoms with Crippen LogP contribution in [0.2, 0.25) is 0 Å². The molecule has 0 unspecified atom stereocenters. The van der Waals surface area contributed by atoms with Gasteiger partial charge in [0, 0.05) is 12.8 Å². The first kappa shape index (κ1) is 14.8. The van der Waals surface area contributed by atoms with Crippen LogP contribution in [0.25, 0.3) is 0 Å². The van der Waals surface area contributed by atoms with Crippen LogP contribution in [0.3, 0.4) is 0 Å². The standard InChI is InChI=1S/C16H28O3/c1-11(17)19-10-12-13(18)6-7-14-15(2,3)8-5-9-16(12,14)4/h12-14,18H,5-10H2,1-4H3/t12-,13-,14-,16+/m1/s1. The summed E-state index contributed by atoms with van der Waals surface area (Å²) in [6.45, 7) is 8.83. The lowest BCUT2D eigenvalue weighted by atomic mass is 9.48. The van der Waals surface area contributed by atoms with Crippen molar-refractivity contribution in [1.82, 2.24) is 0 Å². The molecule has 2 aliphatic rings. The molecule has 0 amide bonds. The third-order valence-electron chi connectivity index (χ3n) is 5.80. The van der Waals surface area contributed by atoms with Gasteiger partial charge in [-0.2, -0.15) is 0 Å². The van der Waals surface area contributed by atoms with E-state index < -0.39 is 0 Å². The van der Waals surface area contributed by atoms with Crippen LogP contribution in [-0.2, 0) is 9.53 Å². The van der Waals surface area contributed by atoms with Gasteiger partial charge in [-0.1, -0.05) is 27.2 Å². The highest BCUT2D eigenvalue weighted by Gasteiger charge is 2.54. The van der Waals surface area contributed by atoms with E-state index in [1.54, 1.807) is 0 Å². The number of rotatable bonds is 2. The molecule has 0 aliphatic heterocycles. The third kappa shape index (κ3) is 2.67. The summed E-state index contributed by atoms with van der Waals surface area (Å²) in [6.07, 6.45) is 5.24. The maximum Gasteiger partial charge on any atom is 0.302 e. The van der Waals surface area contributed by atoms with Gasteiger partial charge in [0.2, 0.25) is 0 Å². The Kier molecular flexibility index (Phi) is 3.97. The number of fused-ring (bicyclic) bond motifs is 1. The molecule has 0 aromatic heterocycles. The van der Waals surface area contributed by atoms with Crippen LogP contribution in [-0.4, -0.2) is 23.8 Å². The van der Waals surface area contributed by atoms with Gasteiger partial charge in [0.25, 0.3) is 0 Å². The van der Waals surface area contributed by atoms with Gasteiger partial charge in [-0.3, -0.25) is 4.79 Å². The number of ether oxygens (including phenoxy) is 1. The van der Waals surface area contributed by atoms with E-state index in [4.69, 9.17) is 4.74 Å². The molecule has 19 heavy (non-hydrogen) atoms. The lowest BCUT2D eigenvalue weighted by molar-refractivity contribution is -0.161. The van der Waals surface area contributed by atoms with Crippen molar-refractivity contribution < 1.29 is 14.6 Å². The molecule has 2 aliphatic carbocycles. The van der Waals surface area contributed by atoms with E-state index in [0.717, 1.165) is 19.3 Å². The number of esters is 1. The summed E-state index contributed by atoms with van der Waals surface area (Å²) < 4.78 is 5.24. The van der Waals surface area contributed by atoms with Crippen molar-refractivity contribution in [3.63, 3.8) is 0 Å². The molecule has 3 heteroatoms. The van der Waals surface area contributed by atoms with Crippen LogP contribution < -0.4 is 0 Å². The molecule has 0 saturated heterocycles. The van der Waals surface area contributed by atoms with Gasteiger partial charge in [-0.05, 0) is 42.4 Å². The largest absolute Gasteiger partial charge is 0.465 e. The molecule has 3 nitrogen and oxygen atoms in total. The SMILES string of the molecule is CC(=O)OC[C@@H]1[C@H](O)CC[C@@H]2C(C)(C)CCC[C@@]12C. The number of carbonyl (C=O) groups excluding carboxylic acids is 1. The minimum absolute atomic E-state index is 0.0923. The number of hydrogen-bond acceptors (Lipinski definition) is 3. The Morgan fingerprint density at radius 1 is 1.26 bits per heavy atom. The number of hydrogen-bond donors (Lipinski definition) is 1. The minimum atomic E-state index is -0.325. The zero-order valence-electron chi connectivity index (χ0n) is 12.7. The monoisotopic (exact) mass is 268 g/mol. The molecule has 0 aromatic carbocycles. The van der Waals surface area contributed by atoms with E-state index in [0.29, 0.717) is 17.9 Å². The van der Waals surface area contributed by atoms with Gasteiger partial charge in [0.05, 0.1) is 12.7 Å². The lowest BCUT2D eigenvalue weighted by Gasteiger charge is -2.58. The van der Waals surface area contributed by atoms with Crippen molar-refractivity contribution in [2.24, 2.45) is 22.7 Å². The summed E-state index contributed by atoms with van der Waals surface area (Å²) >= 11 is 0. The number of carbonyl (C=O) groups is 1. The highest BCUT2D eigenvalue weighted by Crippen LogP contribution is 2.59. The average Bonchev–Trinajstić information content (AvgIpc) is 2.26. The van der Waals surface area contributed by atoms with Crippen LogP contribution in [0.4, 0.5) is 0 Å². The fourth-order valence-corrected chi connectivity index (χ4v) is 4.82. The van der Waals surface area contributed by atoms with E-state index in [9.17, 15) is 9.90 Å². The summed E-state index contributed by atoms with van der Waals surface area (Å²) in [5.41, 5.74) is 0.441. The summed E-state index contributed by atoms with van der Waals surface area (Å²) in [5, 5.41) is 10.4. The normalized spacial score (nSPS) is 41.4. The first-order valence-corrected chi connectivity index (χ1v) is 7.59. The summed E-state index contributed by atoms with van der Waals surface area (Å²) in [5.74, 6) is 0.473. The van der Waals surface area contributed by atoms with Gasteiger partial charge in [-0.25, -0.2) is 0 Å². The molecule has 0 spiro atoms. The second kappa shape index (κ2) is 5.08. The Morgan fingerprint density at radius 3 is 2.58 bits per heavy atom. The first-order valence-electron chi connectivity index (χ1n) is 7.59. The third-order valence-corrected chi connectivity index (χ3v) is 5.80. The van der Waals surface area contributed by atoms with Crippen molar-refractivity contribution in [1.29, 1.82) is 0 Å². The van der Waals surface area contributed by atoms with Crippen LogP contribution in [0.1, 0.15) is 59.8 Å². The zero-order chi connectivity index (χ0) is 14.3. The molecule has 2 saturated carbocycles. The Balaban J connectivity index is 2.22. The molecule has 2 rings (SSSR count). The van der Waals surface area contributed by atoms with Gasteiger partial charge < -0.3 is 9.84 Å². The van der Waals surface area contributed by atoms with Gasteiger partial charge in [-0.15, -0.1) is 0 Å². The van der Waals surface area contributed by atoms with E-state index in [1.165, 1.54) is 19.8 Å². The van der Waals surface area contributed by atoms with Crippen molar-refractivity contribution >= 4 is 5.97 Å². The molecule has 4 atom stereocenters. The molecule has 0 radical (unpaired) electrons. The molecule has 0 heterocycles. The van der Waals surface area contributed by atoms with E-state index >= 15 is 0 Å². The quantitative estimate of drug-likeness (QED) is 0.783. The molecule has 0 aromatic rings. The number of aliphatic hydroxyl groups excluding tert-OH is 1. The smallest absolute Gasteiger partial charge is 0.302 e. The first-order chi connectivity index (χ1) is 8.77. The minimum Gasteiger partial charge on any atom is -0.465 e. The predicted octanol–water partition coefficient (Wildman–Crippen LogP) is 3.15. The molecule has 110 valence electrons. The molecule has 2 fully saturated rings. The molecule has 0 bridgehead atoms. The van der Waals surface area contributed by atoms with Crippen molar-refractivity contribution in [2.75, 3.05) is 6.61 Å². The van der Waals surface area contributed by atoms with E-state index in [-0.39, 0.29) is 23.4 Å². The second-order valence-corrected chi connectivity index (χ2v) is 7.45. The number of aliphatic hydroxyl groups is 1. The fraction of sp³-hybridized carbons (Fsp3) is 0.938. The molecule has 1 N–H and O–H groups in total. The Bertz CT molecular complexity index is 350. The van der Waals surface area contributed by atoms with Gasteiger partial charge in [0.1, 0.15) is 0 Å². The highest BCUT2D eigenvalue weighted by molar-refractivity contribution is 5.65. The topological polar surface area (TPSA) is 46.5 Å². The van der Waals surface area contributed by atoms with Crippen LogP contribution in [0.5, 0.6) is 0 Å². The van der Waals surface area contributed by atoms with Crippen molar-refractivity contribution in [3.8, 4) is 0 Å². The lowest BCUT2D eigenvalue weighted by Crippen LogP contribution is -2.54. The van der Waals surface area contributed by atoms with Crippen LogP contribution in [0, 0.1) is 22.7 Å². The molecular formula is C16H28O3. The van der Waals surface area contributed by atoms with Crippen molar-refractivity contribution in [2.45, 2.75) is 65.9 Å². The van der Waals surface area contributed by atoms with E-state index in [1.807, 2.05) is 0 Å².